The van der Waals surface area contributed by atoms with Gasteiger partial charge in [-0.15, -0.1) is 6.58 Å². The Morgan fingerprint density at radius 2 is 1.90 bits per heavy atom. The van der Waals surface area contributed by atoms with Gasteiger partial charge in [0.1, 0.15) is 6.10 Å². The van der Waals surface area contributed by atoms with Gasteiger partial charge in [0.25, 0.3) is 5.91 Å². The minimum absolute atomic E-state index is 0.132. The van der Waals surface area contributed by atoms with E-state index in [0.717, 1.165) is 6.08 Å². The molecule has 0 spiro atoms. The Morgan fingerprint density at radius 1 is 1.21 bits per heavy atom. The molecule has 1 heterocycles. The van der Waals surface area contributed by atoms with E-state index in [9.17, 15) is 24.3 Å². The fraction of sp³-hybridized carbons (Fsp3) is 0.484. The molecule has 2 rings (SSSR count). The van der Waals surface area contributed by atoms with Crippen molar-refractivity contribution in [3.63, 3.8) is 0 Å². The summed E-state index contributed by atoms with van der Waals surface area (Å²) >= 11 is 0. The van der Waals surface area contributed by atoms with Gasteiger partial charge in [-0.1, -0.05) is 44.2 Å². The van der Waals surface area contributed by atoms with Gasteiger partial charge in [0.05, 0.1) is 23.6 Å². The van der Waals surface area contributed by atoms with Gasteiger partial charge in [-0.2, -0.15) is 0 Å². The topological polar surface area (TPSA) is 166 Å². The average molecular weight is 586 g/mol. The molecule has 1 aliphatic heterocycles. The zero-order valence-electron chi connectivity index (χ0n) is 25.1. The molecule has 6 atom stereocenters. The Bertz CT molecular complexity index is 1210. The molecular formula is C31H43N3O8. The molecule has 0 aromatic rings. The predicted molar refractivity (Wildman–Crippen MR) is 158 cm³/mol. The lowest BCUT2D eigenvalue weighted by atomic mass is 9.85. The normalized spacial score (nSPS) is 31.6. The SMILES string of the molecule is C=CCNC1=C2C[C@@H](C)C[C@@H](OC)[C@@H](O)[C@H](C)/C=C(/C)[C@H](OC(N)=O)[C@H](OC)/C=C\C=C(\C)C(=O)NC(=CC1=O)C2=O. The highest BCUT2D eigenvalue weighted by Gasteiger charge is 2.33. The highest BCUT2D eigenvalue weighted by molar-refractivity contribution is 6.23. The number of hydrogen-bond donors (Lipinski definition) is 4. The summed E-state index contributed by atoms with van der Waals surface area (Å²) in [5.41, 5.74) is 6.42. The summed E-state index contributed by atoms with van der Waals surface area (Å²) in [5, 5.41) is 16.7. The van der Waals surface area contributed by atoms with Crippen molar-refractivity contribution in [3.8, 4) is 0 Å². The van der Waals surface area contributed by atoms with Crippen LogP contribution >= 0.6 is 0 Å². The number of primary amides is 1. The van der Waals surface area contributed by atoms with Crippen LogP contribution in [0.5, 0.6) is 0 Å². The van der Waals surface area contributed by atoms with E-state index in [-0.39, 0.29) is 41.4 Å². The molecule has 0 fully saturated rings. The standard InChI is InChI=1S/C31H43N3O8/c1-8-12-33-26-21-13-17(2)14-25(41-7)27(36)19(4)15-20(5)29(42-31(32)39)24(40-6)11-9-10-18(3)30(38)34-22(28(21)37)16-23(26)35/h8-11,15-17,19,24-25,27,29,33,36H,1,12-14H2,2-7H3,(H2,32,39)(H,34,38)/b11-9-,18-10-,20-15-/t17-,19-,24-,25-,27+,29+/m1/s1. The molecule has 42 heavy (non-hydrogen) atoms. The molecule has 1 aliphatic carbocycles. The second-order valence-corrected chi connectivity index (χ2v) is 10.6. The van der Waals surface area contributed by atoms with Crippen LogP contribution in [-0.4, -0.2) is 73.9 Å². The smallest absolute Gasteiger partial charge is 0.405 e. The molecule has 0 radical (unpaired) electrons. The van der Waals surface area contributed by atoms with E-state index in [2.05, 4.69) is 17.2 Å². The number of amides is 2. The number of carbonyl (C=O) groups excluding carboxylic acids is 4. The van der Waals surface area contributed by atoms with Gasteiger partial charge in [0.2, 0.25) is 11.6 Å². The molecule has 0 aromatic carbocycles. The number of hydrogen-bond acceptors (Lipinski definition) is 9. The number of nitrogens with two attached hydrogens (primary N) is 1. The van der Waals surface area contributed by atoms with Crippen molar-refractivity contribution in [1.29, 1.82) is 0 Å². The summed E-state index contributed by atoms with van der Waals surface area (Å²) in [6.07, 6.45) is 5.34. The quantitative estimate of drug-likeness (QED) is 0.271. The van der Waals surface area contributed by atoms with E-state index in [1.807, 2.05) is 6.92 Å². The van der Waals surface area contributed by atoms with Gasteiger partial charge < -0.3 is 35.7 Å². The van der Waals surface area contributed by atoms with Crippen LogP contribution in [0.15, 0.2) is 71.1 Å². The number of carbonyl (C=O) groups is 4. The van der Waals surface area contributed by atoms with E-state index in [4.69, 9.17) is 19.9 Å². The molecule has 2 aliphatic rings. The summed E-state index contributed by atoms with van der Waals surface area (Å²) < 4.78 is 16.6. The number of ether oxygens (including phenoxy) is 3. The van der Waals surface area contributed by atoms with Crippen LogP contribution in [0.2, 0.25) is 0 Å². The fourth-order valence-corrected chi connectivity index (χ4v) is 4.95. The highest BCUT2D eigenvalue weighted by Crippen LogP contribution is 2.28. The predicted octanol–water partition coefficient (Wildman–Crippen LogP) is 2.54. The molecule has 11 heteroatoms. The maximum atomic E-state index is 13.5. The Hall–Kier alpha value is -3.80. The van der Waals surface area contributed by atoms with Crippen molar-refractivity contribution in [1.82, 2.24) is 10.6 Å². The summed E-state index contributed by atoms with van der Waals surface area (Å²) in [6.45, 7) is 10.9. The van der Waals surface area contributed by atoms with Crippen LogP contribution in [-0.2, 0) is 28.6 Å². The first-order valence-electron chi connectivity index (χ1n) is 13.8. The third-order valence-corrected chi connectivity index (χ3v) is 7.22. The average Bonchev–Trinajstić information content (AvgIpc) is 2.94. The minimum atomic E-state index is -1.00. The molecule has 5 N–H and O–H groups in total. The third-order valence-electron chi connectivity index (χ3n) is 7.22. The lowest BCUT2D eigenvalue weighted by molar-refractivity contribution is -0.120. The van der Waals surface area contributed by atoms with E-state index in [0.29, 0.717) is 12.0 Å². The molecule has 230 valence electrons. The first kappa shape index (κ1) is 34.4. The summed E-state index contributed by atoms with van der Waals surface area (Å²) in [4.78, 5) is 51.3. The minimum Gasteiger partial charge on any atom is -0.439 e. The molecule has 0 aromatic heterocycles. The Balaban J connectivity index is 2.62. The van der Waals surface area contributed by atoms with Crippen LogP contribution in [0.1, 0.15) is 40.5 Å². The Labute approximate surface area is 247 Å². The molecule has 2 bridgehead atoms. The van der Waals surface area contributed by atoms with Crippen molar-refractivity contribution >= 4 is 23.6 Å². The Morgan fingerprint density at radius 3 is 2.50 bits per heavy atom. The maximum Gasteiger partial charge on any atom is 0.405 e. The van der Waals surface area contributed by atoms with Gasteiger partial charge >= 0.3 is 6.09 Å². The number of rotatable bonds is 6. The van der Waals surface area contributed by atoms with Gasteiger partial charge in [0, 0.05) is 43.9 Å². The van der Waals surface area contributed by atoms with Crippen LogP contribution in [0.3, 0.4) is 0 Å². The van der Waals surface area contributed by atoms with Crippen molar-refractivity contribution in [3.05, 3.63) is 71.1 Å². The zero-order chi connectivity index (χ0) is 31.6. The third kappa shape index (κ3) is 9.10. The second kappa shape index (κ2) is 16.0. The molecule has 0 saturated carbocycles. The van der Waals surface area contributed by atoms with Crippen molar-refractivity contribution in [2.24, 2.45) is 17.6 Å². The zero-order valence-corrected chi connectivity index (χ0v) is 25.1. The number of allylic oxidation sites excluding steroid dienone is 4. The van der Waals surface area contributed by atoms with Crippen molar-refractivity contribution < 1.29 is 38.5 Å². The number of methoxy groups -OCH3 is 2. The fourth-order valence-electron chi connectivity index (χ4n) is 4.95. The molecule has 11 nitrogen and oxygen atoms in total. The molecule has 2 amide bonds. The Kier molecular flexibility index (Phi) is 13.1. The summed E-state index contributed by atoms with van der Waals surface area (Å²) in [5.74, 6) is -2.14. The largest absolute Gasteiger partial charge is 0.439 e. The number of Topliss-reactive ketones (excluding diaryl/α,β-unsaturated/α-hetero) is 1. The first-order valence-corrected chi connectivity index (χ1v) is 13.8. The van der Waals surface area contributed by atoms with Crippen molar-refractivity contribution in [2.45, 2.75) is 65.0 Å². The molecule has 0 saturated heterocycles. The number of aliphatic hydroxyl groups excluding tert-OH is 1. The highest BCUT2D eigenvalue weighted by atomic mass is 16.6. The van der Waals surface area contributed by atoms with E-state index < -0.39 is 53.9 Å². The van der Waals surface area contributed by atoms with Crippen LogP contribution in [0.4, 0.5) is 4.79 Å². The second-order valence-electron chi connectivity index (χ2n) is 10.6. The van der Waals surface area contributed by atoms with E-state index in [1.54, 1.807) is 45.1 Å². The summed E-state index contributed by atoms with van der Waals surface area (Å²) in [6, 6.07) is 0. The maximum absolute atomic E-state index is 13.5. The van der Waals surface area contributed by atoms with Gasteiger partial charge in [-0.25, -0.2) is 4.79 Å². The van der Waals surface area contributed by atoms with Gasteiger partial charge in [-0.05, 0) is 38.2 Å². The van der Waals surface area contributed by atoms with Crippen molar-refractivity contribution in [2.75, 3.05) is 20.8 Å². The molecular weight excluding hydrogens is 542 g/mol. The lowest BCUT2D eigenvalue weighted by Crippen LogP contribution is -2.37. The van der Waals surface area contributed by atoms with Crippen LogP contribution < -0.4 is 16.4 Å². The molecule has 0 unspecified atom stereocenters. The lowest BCUT2D eigenvalue weighted by Gasteiger charge is -2.30. The van der Waals surface area contributed by atoms with E-state index in [1.165, 1.54) is 20.3 Å². The van der Waals surface area contributed by atoms with Gasteiger partial charge in [-0.3, -0.25) is 14.4 Å². The number of ketones is 2. The van der Waals surface area contributed by atoms with E-state index >= 15 is 0 Å². The number of aliphatic hydroxyl groups is 1. The van der Waals surface area contributed by atoms with Crippen LogP contribution in [0, 0.1) is 11.8 Å². The van der Waals surface area contributed by atoms with Crippen LogP contribution in [0.25, 0.3) is 0 Å². The first-order chi connectivity index (χ1) is 19.8. The number of fused-ring (bicyclic) bond motifs is 2. The van der Waals surface area contributed by atoms with Gasteiger partial charge in [0.15, 0.2) is 6.10 Å². The number of nitrogens with one attached hydrogen (secondary N) is 2. The monoisotopic (exact) mass is 585 g/mol. The summed E-state index contributed by atoms with van der Waals surface area (Å²) in [7, 11) is 2.92.